The fourth-order valence-electron chi connectivity index (χ4n) is 0.989. The summed E-state index contributed by atoms with van der Waals surface area (Å²) in [4.78, 5) is 0. The summed E-state index contributed by atoms with van der Waals surface area (Å²) in [5, 5.41) is 9.63. The van der Waals surface area contributed by atoms with Gasteiger partial charge in [0.1, 0.15) is 23.7 Å². The van der Waals surface area contributed by atoms with E-state index < -0.39 is 5.60 Å². The molecule has 0 aliphatic rings. The number of benzene rings is 1. The Morgan fingerprint density at radius 3 is 2.67 bits per heavy atom. The molecule has 4 heteroatoms. The molecule has 1 aromatic carbocycles. The van der Waals surface area contributed by atoms with Gasteiger partial charge in [-0.05, 0) is 19.1 Å². The predicted molar refractivity (Wildman–Crippen MR) is 58.2 cm³/mol. The average Bonchev–Trinajstić information content (AvgIpc) is 2.27. The Kier molecular flexibility index (Phi) is 3.94. The minimum absolute atomic E-state index is 0.163. The van der Waals surface area contributed by atoms with Crippen LogP contribution in [0, 0.1) is 0 Å². The molecule has 4 nitrogen and oxygen atoms in total. The molecule has 0 spiro atoms. The van der Waals surface area contributed by atoms with Crippen LogP contribution in [0.2, 0.25) is 0 Å². The van der Waals surface area contributed by atoms with Crippen molar-refractivity contribution in [3.8, 4) is 11.5 Å². The maximum absolute atomic E-state index is 9.63. The molecule has 0 amide bonds. The van der Waals surface area contributed by atoms with E-state index in [9.17, 15) is 5.11 Å². The standard InChI is InChI=1S/C11H17NO3/c1-11(13,7-12)8-15-10-5-3-4-9(6-10)14-2/h3-6,13H,7-8,12H2,1-2H3. The Balaban J connectivity index is 2.57. The first-order valence-corrected chi connectivity index (χ1v) is 4.77. The Bertz CT molecular complexity index is 312. The summed E-state index contributed by atoms with van der Waals surface area (Å²) in [7, 11) is 1.59. The number of hydrogen-bond acceptors (Lipinski definition) is 4. The number of nitrogens with two attached hydrogens (primary N) is 1. The van der Waals surface area contributed by atoms with Crippen LogP contribution in [0.4, 0.5) is 0 Å². The van der Waals surface area contributed by atoms with Crippen LogP contribution in [-0.2, 0) is 0 Å². The molecule has 0 heterocycles. The van der Waals surface area contributed by atoms with Gasteiger partial charge in [-0.3, -0.25) is 0 Å². The van der Waals surface area contributed by atoms with Crippen LogP contribution in [-0.4, -0.2) is 31.0 Å². The van der Waals surface area contributed by atoms with Crippen molar-refractivity contribution in [2.75, 3.05) is 20.3 Å². The van der Waals surface area contributed by atoms with Crippen molar-refractivity contribution in [1.29, 1.82) is 0 Å². The lowest BCUT2D eigenvalue weighted by Crippen LogP contribution is -2.40. The molecule has 0 fully saturated rings. The Morgan fingerprint density at radius 1 is 1.40 bits per heavy atom. The molecule has 0 aliphatic carbocycles. The maximum Gasteiger partial charge on any atom is 0.123 e. The predicted octanol–water partition coefficient (Wildman–Crippen LogP) is 0.784. The molecule has 1 atom stereocenters. The number of hydrogen-bond donors (Lipinski definition) is 2. The highest BCUT2D eigenvalue weighted by Crippen LogP contribution is 2.19. The van der Waals surface area contributed by atoms with E-state index >= 15 is 0 Å². The van der Waals surface area contributed by atoms with E-state index in [0.29, 0.717) is 5.75 Å². The molecule has 0 radical (unpaired) electrons. The highest BCUT2D eigenvalue weighted by atomic mass is 16.5. The number of aliphatic hydroxyl groups is 1. The fourth-order valence-corrected chi connectivity index (χ4v) is 0.989. The van der Waals surface area contributed by atoms with Gasteiger partial charge in [-0.25, -0.2) is 0 Å². The van der Waals surface area contributed by atoms with Gasteiger partial charge in [0.2, 0.25) is 0 Å². The second kappa shape index (κ2) is 5.00. The van der Waals surface area contributed by atoms with E-state index in [1.807, 2.05) is 12.1 Å². The molecule has 1 rings (SSSR count). The van der Waals surface area contributed by atoms with E-state index in [1.54, 1.807) is 26.2 Å². The largest absolute Gasteiger partial charge is 0.497 e. The van der Waals surface area contributed by atoms with Gasteiger partial charge in [-0.15, -0.1) is 0 Å². The Morgan fingerprint density at radius 2 is 2.07 bits per heavy atom. The monoisotopic (exact) mass is 211 g/mol. The number of methoxy groups -OCH3 is 1. The van der Waals surface area contributed by atoms with Crippen LogP contribution < -0.4 is 15.2 Å². The first kappa shape index (κ1) is 11.8. The third-order valence-corrected chi connectivity index (χ3v) is 2.03. The SMILES string of the molecule is COc1cccc(OCC(C)(O)CN)c1. The average molecular weight is 211 g/mol. The minimum Gasteiger partial charge on any atom is -0.497 e. The molecule has 0 saturated heterocycles. The number of ether oxygens (including phenoxy) is 2. The van der Waals surface area contributed by atoms with Gasteiger partial charge in [-0.1, -0.05) is 6.07 Å². The van der Waals surface area contributed by atoms with Gasteiger partial charge >= 0.3 is 0 Å². The number of rotatable bonds is 5. The van der Waals surface area contributed by atoms with E-state index in [2.05, 4.69) is 0 Å². The van der Waals surface area contributed by atoms with Gasteiger partial charge < -0.3 is 20.3 Å². The zero-order valence-corrected chi connectivity index (χ0v) is 9.06. The molecule has 0 saturated carbocycles. The van der Waals surface area contributed by atoms with E-state index in [4.69, 9.17) is 15.2 Å². The topological polar surface area (TPSA) is 64.7 Å². The lowest BCUT2D eigenvalue weighted by atomic mass is 10.1. The lowest BCUT2D eigenvalue weighted by Gasteiger charge is -2.21. The van der Waals surface area contributed by atoms with E-state index in [0.717, 1.165) is 5.75 Å². The highest BCUT2D eigenvalue weighted by Gasteiger charge is 2.18. The summed E-state index contributed by atoms with van der Waals surface area (Å²) in [5.74, 6) is 1.38. The molecule has 0 aliphatic heterocycles. The van der Waals surface area contributed by atoms with Crippen LogP contribution in [0.1, 0.15) is 6.92 Å². The molecule has 0 aromatic heterocycles. The molecule has 1 unspecified atom stereocenters. The van der Waals surface area contributed by atoms with Crippen molar-refractivity contribution in [3.05, 3.63) is 24.3 Å². The van der Waals surface area contributed by atoms with Crippen molar-refractivity contribution in [1.82, 2.24) is 0 Å². The first-order valence-electron chi connectivity index (χ1n) is 4.77. The van der Waals surface area contributed by atoms with Crippen molar-refractivity contribution in [2.24, 2.45) is 5.73 Å². The van der Waals surface area contributed by atoms with E-state index in [1.165, 1.54) is 0 Å². The molecule has 1 aromatic rings. The maximum atomic E-state index is 9.63. The summed E-state index contributed by atoms with van der Waals surface area (Å²) in [5.41, 5.74) is 4.37. The van der Waals surface area contributed by atoms with Crippen molar-refractivity contribution in [3.63, 3.8) is 0 Å². The van der Waals surface area contributed by atoms with Gasteiger partial charge in [0.05, 0.1) is 7.11 Å². The summed E-state index contributed by atoms with van der Waals surface area (Å²) >= 11 is 0. The van der Waals surface area contributed by atoms with Crippen molar-refractivity contribution in [2.45, 2.75) is 12.5 Å². The summed E-state index contributed by atoms with van der Waals surface area (Å²) in [6.45, 7) is 1.96. The van der Waals surface area contributed by atoms with Crippen LogP contribution >= 0.6 is 0 Å². The molecule has 0 bridgehead atoms. The first-order chi connectivity index (χ1) is 7.07. The van der Waals surface area contributed by atoms with Crippen LogP contribution in [0.15, 0.2) is 24.3 Å². The quantitative estimate of drug-likeness (QED) is 0.755. The van der Waals surface area contributed by atoms with Gasteiger partial charge in [0.25, 0.3) is 0 Å². The zero-order chi connectivity index (χ0) is 11.3. The zero-order valence-electron chi connectivity index (χ0n) is 9.06. The van der Waals surface area contributed by atoms with Gasteiger partial charge in [0.15, 0.2) is 0 Å². The Hall–Kier alpha value is -1.26. The molecular formula is C11H17NO3. The molecule has 84 valence electrons. The second-order valence-electron chi connectivity index (χ2n) is 3.67. The third-order valence-electron chi connectivity index (χ3n) is 2.03. The van der Waals surface area contributed by atoms with Crippen molar-refractivity contribution < 1.29 is 14.6 Å². The molecular weight excluding hydrogens is 194 g/mol. The van der Waals surface area contributed by atoms with Crippen LogP contribution in [0.25, 0.3) is 0 Å². The van der Waals surface area contributed by atoms with Gasteiger partial charge in [0, 0.05) is 12.6 Å². The highest BCUT2D eigenvalue weighted by molar-refractivity contribution is 5.32. The van der Waals surface area contributed by atoms with Crippen LogP contribution in [0.5, 0.6) is 11.5 Å². The summed E-state index contributed by atoms with van der Waals surface area (Å²) < 4.78 is 10.4. The second-order valence-corrected chi connectivity index (χ2v) is 3.67. The van der Waals surface area contributed by atoms with E-state index in [-0.39, 0.29) is 13.2 Å². The lowest BCUT2D eigenvalue weighted by molar-refractivity contribution is 0.0195. The minimum atomic E-state index is -0.997. The molecule has 3 N–H and O–H groups in total. The Labute approximate surface area is 89.6 Å². The van der Waals surface area contributed by atoms with Crippen molar-refractivity contribution >= 4 is 0 Å². The van der Waals surface area contributed by atoms with Gasteiger partial charge in [-0.2, -0.15) is 0 Å². The summed E-state index contributed by atoms with van der Waals surface area (Å²) in [6.07, 6.45) is 0. The fraction of sp³-hybridized carbons (Fsp3) is 0.455. The summed E-state index contributed by atoms with van der Waals surface area (Å²) in [6, 6.07) is 7.21. The van der Waals surface area contributed by atoms with Crippen LogP contribution in [0.3, 0.4) is 0 Å². The molecule has 15 heavy (non-hydrogen) atoms. The smallest absolute Gasteiger partial charge is 0.123 e. The normalized spacial score (nSPS) is 14.4. The third kappa shape index (κ3) is 3.77.